The molecular weight excluding hydrogens is 350 g/mol. The van der Waals surface area contributed by atoms with Gasteiger partial charge in [0.25, 0.3) is 0 Å². The Kier molecular flexibility index (Phi) is 3.14. The molecule has 0 amide bonds. The molecule has 2 aliphatic rings. The van der Waals surface area contributed by atoms with E-state index in [0.29, 0.717) is 0 Å². The lowest BCUT2D eigenvalue weighted by Crippen LogP contribution is -2.52. The van der Waals surface area contributed by atoms with Crippen LogP contribution in [0.1, 0.15) is 38.3 Å². The standard InChI is InChI=1S/C28H26N/c1-5-8-19-11-12-21-17-25-24(16-22(21)15-19)26-23-10-7-6-9-20(23)13-14-29(26)28(4)18(2)27(25,28)3/h6-7,9-17H,2,5,8H2,1,3-4H3/q+1. The molecular formula is C28H26N+. The molecule has 4 aromatic rings. The van der Waals surface area contributed by atoms with E-state index in [4.69, 9.17) is 0 Å². The smallest absolute Gasteiger partial charge is 0.187 e. The minimum absolute atomic E-state index is 0.0151. The number of allylic oxidation sites excluding steroid dienone is 1. The van der Waals surface area contributed by atoms with Gasteiger partial charge in [-0.05, 0) is 58.8 Å². The van der Waals surface area contributed by atoms with Crippen molar-refractivity contribution in [3.8, 4) is 11.3 Å². The zero-order valence-corrected chi connectivity index (χ0v) is 17.4. The summed E-state index contributed by atoms with van der Waals surface area (Å²) in [7, 11) is 0. The van der Waals surface area contributed by atoms with Gasteiger partial charge in [0.2, 0.25) is 11.2 Å². The number of aryl methyl sites for hydroxylation is 1. The first-order valence-electron chi connectivity index (χ1n) is 10.7. The molecule has 2 atom stereocenters. The number of benzene rings is 3. The summed E-state index contributed by atoms with van der Waals surface area (Å²) >= 11 is 0. The van der Waals surface area contributed by atoms with Gasteiger partial charge in [-0.1, -0.05) is 56.3 Å². The molecule has 0 N–H and O–H groups in total. The first kappa shape index (κ1) is 17.0. The SMILES string of the molecule is C=C1C2(C)c3cc4ccc(CCC)cc4cc3-c3c4ccccc4cc[n+]3C12C. The summed E-state index contributed by atoms with van der Waals surface area (Å²) in [5.41, 5.74) is 6.78. The van der Waals surface area contributed by atoms with E-state index in [-0.39, 0.29) is 11.0 Å². The fraction of sp³-hybridized carbons (Fsp3) is 0.250. The molecule has 0 saturated heterocycles. The highest BCUT2D eigenvalue weighted by Crippen LogP contribution is 2.67. The van der Waals surface area contributed by atoms with Crippen molar-refractivity contribution in [2.75, 3.05) is 0 Å². The quantitative estimate of drug-likeness (QED) is 0.279. The first-order valence-corrected chi connectivity index (χ1v) is 10.7. The second-order valence-electron chi connectivity index (χ2n) is 9.13. The van der Waals surface area contributed by atoms with Gasteiger partial charge >= 0.3 is 0 Å². The van der Waals surface area contributed by atoms with Crippen molar-refractivity contribution >= 4 is 21.5 Å². The Balaban J connectivity index is 1.75. The monoisotopic (exact) mass is 376 g/mol. The number of nitrogens with zero attached hydrogens (tertiary/aromatic N) is 1. The third kappa shape index (κ3) is 1.89. The Bertz CT molecular complexity index is 1360. The van der Waals surface area contributed by atoms with Crippen LogP contribution in [0, 0.1) is 0 Å². The van der Waals surface area contributed by atoms with Gasteiger partial charge < -0.3 is 0 Å². The average molecular weight is 377 g/mol. The predicted octanol–water partition coefficient (Wildman–Crippen LogP) is 6.46. The van der Waals surface area contributed by atoms with Crippen LogP contribution >= 0.6 is 0 Å². The summed E-state index contributed by atoms with van der Waals surface area (Å²) in [5.74, 6) is 0. The highest BCUT2D eigenvalue weighted by atomic mass is 15.2. The van der Waals surface area contributed by atoms with Crippen LogP contribution in [-0.2, 0) is 17.4 Å². The van der Waals surface area contributed by atoms with Gasteiger partial charge in [0.05, 0.1) is 16.4 Å². The zero-order valence-electron chi connectivity index (χ0n) is 17.4. The molecule has 0 spiro atoms. The number of hydrogen-bond acceptors (Lipinski definition) is 0. The highest BCUT2D eigenvalue weighted by Gasteiger charge is 2.77. The van der Waals surface area contributed by atoms with Gasteiger partial charge in [-0.15, -0.1) is 0 Å². The molecule has 1 fully saturated rings. The molecule has 142 valence electrons. The van der Waals surface area contributed by atoms with Gasteiger partial charge in [0, 0.05) is 18.6 Å². The third-order valence-electron chi connectivity index (χ3n) is 7.82. The fourth-order valence-corrected chi connectivity index (χ4v) is 5.84. The lowest BCUT2D eigenvalue weighted by molar-refractivity contribution is -0.726. The molecule has 2 unspecified atom stereocenters. The van der Waals surface area contributed by atoms with E-state index in [1.54, 1.807) is 0 Å². The second-order valence-corrected chi connectivity index (χ2v) is 9.13. The van der Waals surface area contributed by atoms with Gasteiger partial charge in [0.15, 0.2) is 6.20 Å². The molecule has 0 bridgehead atoms. The lowest BCUT2D eigenvalue weighted by atomic mass is 9.81. The van der Waals surface area contributed by atoms with Crippen LogP contribution in [0.5, 0.6) is 0 Å². The van der Waals surface area contributed by atoms with E-state index in [9.17, 15) is 0 Å². The van der Waals surface area contributed by atoms with E-state index in [0.717, 1.165) is 6.42 Å². The van der Waals surface area contributed by atoms with Crippen molar-refractivity contribution in [3.63, 3.8) is 0 Å². The van der Waals surface area contributed by atoms with Crippen LogP contribution < -0.4 is 4.57 Å². The van der Waals surface area contributed by atoms with Crippen LogP contribution in [0.25, 0.3) is 32.8 Å². The van der Waals surface area contributed by atoms with Crippen molar-refractivity contribution < 1.29 is 4.57 Å². The van der Waals surface area contributed by atoms with Gasteiger partial charge in [-0.2, -0.15) is 4.57 Å². The number of fused-ring (bicyclic) bond motifs is 9. The van der Waals surface area contributed by atoms with Crippen molar-refractivity contribution in [2.45, 2.75) is 44.6 Å². The summed E-state index contributed by atoms with van der Waals surface area (Å²) in [4.78, 5) is 0. The first-order chi connectivity index (χ1) is 14.0. The summed E-state index contributed by atoms with van der Waals surface area (Å²) in [6.45, 7) is 11.5. The molecule has 0 radical (unpaired) electrons. The number of rotatable bonds is 2. The summed E-state index contributed by atoms with van der Waals surface area (Å²) in [6.07, 6.45) is 4.58. The maximum absolute atomic E-state index is 4.53. The molecule has 29 heavy (non-hydrogen) atoms. The van der Waals surface area contributed by atoms with E-state index >= 15 is 0 Å². The largest absolute Gasteiger partial charge is 0.221 e. The molecule has 1 heteroatoms. The molecule has 2 heterocycles. The second kappa shape index (κ2) is 5.36. The number of aromatic nitrogens is 1. The number of pyridine rings is 1. The number of hydrogen-bond donors (Lipinski definition) is 0. The molecule has 1 saturated carbocycles. The molecule has 1 aromatic heterocycles. The lowest BCUT2D eigenvalue weighted by Gasteiger charge is -2.26. The molecule has 6 rings (SSSR count). The zero-order chi connectivity index (χ0) is 20.0. The fourth-order valence-electron chi connectivity index (χ4n) is 5.84. The summed E-state index contributed by atoms with van der Waals surface area (Å²) in [6, 6.07) is 22.9. The minimum atomic E-state index is -0.0603. The van der Waals surface area contributed by atoms with Crippen LogP contribution in [0.4, 0.5) is 0 Å². The molecule has 1 nitrogen and oxygen atoms in total. The van der Waals surface area contributed by atoms with E-state index < -0.39 is 0 Å². The van der Waals surface area contributed by atoms with Crippen LogP contribution in [0.2, 0.25) is 0 Å². The van der Waals surface area contributed by atoms with Crippen molar-refractivity contribution in [2.24, 2.45) is 0 Å². The predicted molar refractivity (Wildman–Crippen MR) is 121 cm³/mol. The van der Waals surface area contributed by atoms with Crippen LogP contribution in [-0.4, -0.2) is 0 Å². The topological polar surface area (TPSA) is 3.88 Å². The average Bonchev–Trinajstić information content (AvgIpc) is 3.20. The Morgan fingerprint density at radius 1 is 0.897 bits per heavy atom. The van der Waals surface area contributed by atoms with Crippen LogP contribution in [0.3, 0.4) is 0 Å². The van der Waals surface area contributed by atoms with Crippen LogP contribution in [0.15, 0.2) is 79.0 Å². The Labute approximate surface area is 172 Å². The highest BCUT2D eigenvalue weighted by molar-refractivity contribution is 5.99. The van der Waals surface area contributed by atoms with Gasteiger partial charge in [0.1, 0.15) is 0 Å². The summed E-state index contributed by atoms with van der Waals surface area (Å²) < 4.78 is 2.49. The van der Waals surface area contributed by atoms with E-state index in [1.165, 1.54) is 55.9 Å². The molecule has 1 aliphatic carbocycles. The van der Waals surface area contributed by atoms with E-state index in [1.807, 2.05) is 0 Å². The van der Waals surface area contributed by atoms with Gasteiger partial charge in [-0.25, -0.2) is 0 Å². The molecule has 3 aromatic carbocycles. The summed E-state index contributed by atoms with van der Waals surface area (Å²) in [5, 5.41) is 5.29. The Morgan fingerprint density at radius 2 is 1.72 bits per heavy atom. The Morgan fingerprint density at radius 3 is 2.55 bits per heavy atom. The van der Waals surface area contributed by atoms with Crippen molar-refractivity contribution in [1.82, 2.24) is 0 Å². The molecule has 1 aliphatic heterocycles. The maximum Gasteiger partial charge on any atom is 0.221 e. The maximum atomic E-state index is 4.53. The normalized spacial score (nSPS) is 24.3. The third-order valence-corrected chi connectivity index (χ3v) is 7.82. The Hall–Kier alpha value is -2.93. The van der Waals surface area contributed by atoms with E-state index in [2.05, 4.69) is 98.8 Å². The van der Waals surface area contributed by atoms with Crippen molar-refractivity contribution in [1.29, 1.82) is 0 Å². The van der Waals surface area contributed by atoms with Crippen molar-refractivity contribution in [3.05, 3.63) is 90.1 Å². The van der Waals surface area contributed by atoms with Gasteiger partial charge in [-0.3, -0.25) is 0 Å². The minimum Gasteiger partial charge on any atom is -0.187 e.